The number of carboxylic acids is 1. The largest absolute Gasteiger partial charge is 0.478 e. The fourth-order valence-corrected chi connectivity index (χ4v) is 7.44. The van der Waals surface area contributed by atoms with E-state index < -0.39 is 5.97 Å². The molecule has 41 heavy (non-hydrogen) atoms. The second-order valence-electron chi connectivity index (χ2n) is 11.8. The maximum absolute atomic E-state index is 14.3. The van der Waals surface area contributed by atoms with E-state index in [0.29, 0.717) is 22.8 Å². The van der Waals surface area contributed by atoms with Gasteiger partial charge in [-0.05, 0) is 87.4 Å². The summed E-state index contributed by atoms with van der Waals surface area (Å²) >= 11 is 0. The summed E-state index contributed by atoms with van der Waals surface area (Å²) in [4.78, 5) is 26.9. The summed E-state index contributed by atoms with van der Waals surface area (Å²) in [5, 5.41) is 21.7. The van der Waals surface area contributed by atoms with Crippen LogP contribution in [0, 0.1) is 11.8 Å². The van der Waals surface area contributed by atoms with Crippen LogP contribution in [-0.4, -0.2) is 23.0 Å². The van der Waals surface area contributed by atoms with Crippen molar-refractivity contribution in [2.24, 2.45) is 11.8 Å². The van der Waals surface area contributed by atoms with E-state index in [0.717, 1.165) is 83.7 Å². The van der Waals surface area contributed by atoms with E-state index in [9.17, 15) is 14.7 Å². The molecule has 0 atom stereocenters. The number of aromatic carboxylic acids is 1. The van der Waals surface area contributed by atoms with Gasteiger partial charge in [-0.1, -0.05) is 102 Å². The fourth-order valence-electron chi connectivity index (χ4n) is 7.44. The minimum Gasteiger partial charge on any atom is -0.478 e. The molecule has 0 saturated carbocycles. The van der Waals surface area contributed by atoms with Crippen molar-refractivity contribution in [2.45, 2.75) is 85.1 Å². The second kappa shape index (κ2) is 12.5. The summed E-state index contributed by atoms with van der Waals surface area (Å²) < 4.78 is 0. The van der Waals surface area contributed by atoms with E-state index in [4.69, 9.17) is 0 Å². The summed E-state index contributed by atoms with van der Waals surface area (Å²) in [7, 11) is 0. The topological polar surface area (TPSA) is 66.4 Å². The van der Waals surface area contributed by atoms with Gasteiger partial charge in [0.1, 0.15) is 0 Å². The van der Waals surface area contributed by atoms with Crippen LogP contribution in [0.15, 0.2) is 60.7 Å². The number of hydrogen-bond acceptors (Lipinski definition) is 2. The summed E-state index contributed by atoms with van der Waals surface area (Å²) in [5.41, 5.74) is 0.634. The average Bonchev–Trinajstić information content (AvgIpc) is 2.97. The highest BCUT2D eigenvalue weighted by atomic mass is 16.4. The van der Waals surface area contributed by atoms with E-state index in [2.05, 4.69) is 57.3 Å². The molecule has 0 spiro atoms. The Balaban J connectivity index is 1.73. The minimum absolute atomic E-state index is 0.0656. The van der Waals surface area contributed by atoms with Crippen molar-refractivity contribution in [3.8, 4) is 0 Å². The number of hydrogen-bond donors (Lipinski definition) is 2. The molecule has 2 N–H and O–H groups in total. The monoisotopic (exact) mass is 549 g/mol. The number of fused-ring (bicyclic) bond motifs is 2. The number of nitrogens with one attached hydrogen (secondary N) is 1. The molecule has 5 aromatic rings. The lowest BCUT2D eigenvalue weighted by Gasteiger charge is -2.35. The van der Waals surface area contributed by atoms with Crippen molar-refractivity contribution in [1.82, 2.24) is 5.32 Å². The third-order valence-electron chi connectivity index (χ3n) is 9.07. The fraction of sp³-hybridized carbons (Fsp3) is 0.405. The molecular formula is C37H43NO3. The molecular weight excluding hydrogens is 506 g/mol. The van der Waals surface area contributed by atoms with Crippen molar-refractivity contribution in [3.05, 3.63) is 71.8 Å². The zero-order chi connectivity index (χ0) is 29.1. The third-order valence-corrected chi connectivity index (χ3v) is 9.07. The normalized spacial score (nSPS) is 12.2. The number of benzene rings is 5. The van der Waals surface area contributed by atoms with Crippen molar-refractivity contribution in [2.75, 3.05) is 0 Å². The van der Waals surface area contributed by atoms with Crippen LogP contribution in [-0.2, 0) is 0 Å². The van der Waals surface area contributed by atoms with Crippen LogP contribution < -0.4 is 5.32 Å². The number of rotatable bonds is 13. The van der Waals surface area contributed by atoms with E-state index in [1.54, 1.807) is 6.07 Å². The van der Waals surface area contributed by atoms with Gasteiger partial charge in [0.15, 0.2) is 0 Å². The first-order valence-corrected chi connectivity index (χ1v) is 15.6. The highest BCUT2D eigenvalue weighted by Crippen LogP contribution is 2.42. The highest BCUT2D eigenvalue weighted by Gasteiger charge is 2.31. The lowest BCUT2D eigenvalue weighted by molar-refractivity contribution is 0.0699. The molecule has 5 aromatic carbocycles. The van der Waals surface area contributed by atoms with Crippen LogP contribution in [0.3, 0.4) is 0 Å². The summed E-state index contributed by atoms with van der Waals surface area (Å²) in [5.74, 6) is -0.366. The SMILES string of the molecule is CCCC(CCC)C(NC(=O)c1ccc2c3cccc4cccc(c5ccc(C(=O)O)c1c52)c43)C(CCC)CCC. The molecule has 0 aliphatic heterocycles. The van der Waals surface area contributed by atoms with E-state index in [1.165, 1.54) is 5.39 Å². The molecule has 0 fully saturated rings. The van der Waals surface area contributed by atoms with Crippen LogP contribution >= 0.6 is 0 Å². The summed E-state index contributed by atoms with van der Waals surface area (Å²) in [6, 6.07) is 20.1. The van der Waals surface area contributed by atoms with Gasteiger partial charge in [0.05, 0.1) is 5.56 Å². The number of amides is 1. The predicted octanol–water partition coefficient (Wildman–Crippen LogP) is 9.97. The Kier molecular flexibility index (Phi) is 8.77. The molecule has 1 amide bonds. The van der Waals surface area contributed by atoms with Gasteiger partial charge in [0, 0.05) is 17.0 Å². The molecule has 5 rings (SSSR count). The van der Waals surface area contributed by atoms with Crippen LogP contribution in [0.4, 0.5) is 0 Å². The van der Waals surface area contributed by atoms with Crippen molar-refractivity contribution < 1.29 is 14.7 Å². The van der Waals surface area contributed by atoms with E-state index in [-0.39, 0.29) is 17.5 Å². The first-order chi connectivity index (χ1) is 19.9. The smallest absolute Gasteiger partial charge is 0.336 e. The Morgan fingerprint density at radius 1 is 0.610 bits per heavy atom. The first kappa shape index (κ1) is 28.9. The van der Waals surface area contributed by atoms with Gasteiger partial charge in [-0.15, -0.1) is 0 Å². The van der Waals surface area contributed by atoms with Gasteiger partial charge in [-0.3, -0.25) is 4.79 Å². The molecule has 0 heterocycles. The number of carboxylic acid groups (broad SMARTS) is 1. The van der Waals surface area contributed by atoms with Crippen LogP contribution in [0.2, 0.25) is 0 Å². The molecule has 0 radical (unpaired) electrons. The van der Waals surface area contributed by atoms with E-state index >= 15 is 0 Å². The summed E-state index contributed by atoms with van der Waals surface area (Å²) in [6.45, 7) is 8.89. The molecule has 0 saturated heterocycles. The van der Waals surface area contributed by atoms with Gasteiger partial charge in [-0.25, -0.2) is 4.79 Å². The predicted molar refractivity (Wildman–Crippen MR) is 172 cm³/mol. The van der Waals surface area contributed by atoms with Gasteiger partial charge < -0.3 is 10.4 Å². The third kappa shape index (κ3) is 5.25. The van der Waals surface area contributed by atoms with Gasteiger partial charge in [-0.2, -0.15) is 0 Å². The number of carbonyl (C=O) groups is 2. The lowest BCUT2D eigenvalue weighted by Crippen LogP contribution is -2.45. The first-order valence-electron chi connectivity index (χ1n) is 15.6. The number of carbonyl (C=O) groups excluding carboxylic acids is 1. The van der Waals surface area contributed by atoms with Crippen molar-refractivity contribution in [3.63, 3.8) is 0 Å². The van der Waals surface area contributed by atoms with Crippen molar-refractivity contribution >= 4 is 55.0 Å². The Hall–Kier alpha value is -3.66. The maximum Gasteiger partial charge on any atom is 0.336 e. The van der Waals surface area contributed by atoms with Gasteiger partial charge >= 0.3 is 5.97 Å². The molecule has 4 nitrogen and oxygen atoms in total. The second-order valence-corrected chi connectivity index (χ2v) is 11.8. The maximum atomic E-state index is 14.3. The van der Waals surface area contributed by atoms with Gasteiger partial charge in [0.2, 0.25) is 0 Å². The van der Waals surface area contributed by atoms with Gasteiger partial charge in [0.25, 0.3) is 5.91 Å². The molecule has 0 aromatic heterocycles. The van der Waals surface area contributed by atoms with Crippen LogP contribution in [0.25, 0.3) is 43.1 Å². The van der Waals surface area contributed by atoms with Crippen LogP contribution in [0.5, 0.6) is 0 Å². The minimum atomic E-state index is -1.01. The Morgan fingerprint density at radius 3 is 1.54 bits per heavy atom. The average molecular weight is 550 g/mol. The summed E-state index contributed by atoms with van der Waals surface area (Å²) in [6.07, 6.45) is 8.63. The Morgan fingerprint density at radius 2 is 1.07 bits per heavy atom. The van der Waals surface area contributed by atoms with Crippen LogP contribution in [0.1, 0.15) is 99.8 Å². The molecule has 4 heteroatoms. The zero-order valence-electron chi connectivity index (χ0n) is 24.9. The molecule has 0 unspecified atom stereocenters. The standard InChI is InChI=1S/C37H43NO3/c1-5-11-24(12-6-2)35(25(13-7-3)14-8-4)38-36(39)30-21-19-28-26-17-9-15-23-16-10-18-27(32(23)26)29-20-22-31(37(40)41)34(30)33(28)29/h9-10,15-22,24-25,35H,5-8,11-14H2,1-4H3,(H,38,39)(H,40,41). The Labute approximate surface area is 243 Å². The molecule has 214 valence electrons. The Bertz CT molecular complexity index is 1610. The highest BCUT2D eigenvalue weighted by molar-refractivity contribution is 6.36. The quantitative estimate of drug-likeness (QED) is 0.113. The molecule has 0 aliphatic rings. The lowest BCUT2D eigenvalue weighted by atomic mass is 9.78. The molecule has 0 aliphatic carbocycles. The molecule has 0 bridgehead atoms. The van der Waals surface area contributed by atoms with E-state index in [1.807, 2.05) is 30.3 Å². The van der Waals surface area contributed by atoms with Crippen molar-refractivity contribution in [1.29, 1.82) is 0 Å². The zero-order valence-corrected chi connectivity index (χ0v) is 24.9.